The van der Waals surface area contributed by atoms with Gasteiger partial charge in [0.25, 0.3) is 0 Å². The van der Waals surface area contributed by atoms with Crippen LogP contribution in [0, 0.1) is 0 Å². The number of aryl methyl sites for hydroxylation is 1. The Bertz CT molecular complexity index is 452. The molecular formula is C11H19N7O. The van der Waals surface area contributed by atoms with E-state index < -0.39 is 0 Å². The first-order valence-corrected chi connectivity index (χ1v) is 5.98. The van der Waals surface area contributed by atoms with Crippen LogP contribution in [0.4, 0.5) is 5.82 Å². The molecule has 1 rings (SSSR count). The quantitative estimate of drug-likeness (QED) is 0.261. The van der Waals surface area contributed by atoms with Gasteiger partial charge in [-0.25, -0.2) is 4.99 Å². The third-order valence-corrected chi connectivity index (χ3v) is 2.21. The van der Waals surface area contributed by atoms with Crippen LogP contribution in [-0.2, 0) is 11.3 Å². The molecule has 0 aromatic carbocycles. The second-order valence-corrected chi connectivity index (χ2v) is 3.89. The Hall–Kier alpha value is -2.38. The zero-order valence-corrected chi connectivity index (χ0v) is 10.7. The van der Waals surface area contributed by atoms with E-state index in [2.05, 4.69) is 27.1 Å². The molecule has 0 atom stereocenters. The van der Waals surface area contributed by atoms with E-state index in [1.165, 1.54) is 4.80 Å². The zero-order chi connectivity index (χ0) is 14.1. The highest BCUT2D eigenvalue weighted by atomic mass is 16.1. The van der Waals surface area contributed by atoms with Crippen LogP contribution in [0.3, 0.4) is 0 Å². The molecule has 0 unspecified atom stereocenters. The van der Waals surface area contributed by atoms with Gasteiger partial charge in [-0.15, -0.1) is 11.7 Å². The number of hydrogen-bond donors (Lipinski definition) is 3. The first kappa shape index (κ1) is 14.7. The maximum atomic E-state index is 10.6. The van der Waals surface area contributed by atoms with Crippen LogP contribution < -0.4 is 16.8 Å². The van der Waals surface area contributed by atoms with E-state index in [-0.39, 0.29) is 11.9 Å². The lowest BCUT2D eigenvalue weighted by Crippen LogP contribution is -2.23. The van der Waals surface area contributed by atoms with Crippen LogP contribution in [0.1, 0.15) is 19.3 Å². The van der Waals surface area contributed by atoms with Gasteiger partial charge in [-0.3, -0.25) is 4.79 Å². The lowest BCUT2D eigenvalue weighted by molar-refractivity contribution is -0.118. The molecular weight excluding hydrogens is 246 g/mol. The van der Waals surface area contributed by atoms with Crippen molar-refractivity contribution in [1.29, 1.82) is 0 Å². The number of unbranched alkanes of at least 4 members (excludes halogenated alkanes) is 1. The predicted molar refractivity (Wildman–Crippen MR) is 73.4 cm³/mol. The number of nitrogens with one attached hydrogen (secondary N) is 1. The van der Waals surface area contributed by atoms with Crippen LogP contribution >= 0.6 is 0 Å². The fourth-order valence-electron chi connectivity index (χ4n) is 1.35. The Morgan fingerprint density at radius 3 is 3.00 bits per heavy atom. The molecule has 19 heavy (non-hydrogen) atoms. The summed E-state index contributed by atoms with van der Waals surface area (Å²) in [5, 5.41) is 11.0. The first-order valence-electron chi connectivity index (χ1n) is 5.98. The molecule has 0 saturated carbocycles. The van der Waals surface area contributed by atoms with E-state index in [0.29, 0.717) is 25.3 Å². The number of carbonyl (C=O) groups is 1. The molecule has 0 radical (unpaired) electrons. The minimum Gasteiger partial charge on any atom is -0.370 e. The number of primary amides is 1. The molecule has 8 heteroatoms. The second-order valence-electron chi connectivity index (χ2n) is 3.89. The van der Waals surface area contributed by atoms with Gasteiger partial charge in [0.1, 0.15) is 0 Å². The van der Waals surface area contributed by atoms with Crippen molar-refractivity contribution in [2.45, 2.75) is 25.8 Å². The number of guanidine groups is 1. The van der Waals surface area contributed by atoms with Crippen molar-refractivity contribution in [3.05, 3.63) is 18.9 Å². The van der Waals surface area contributed by atoms with Crippen molar-refractivity contribution in [2.24, 2.45) is 16.5 Å². The largest absolute Gasteiger partial charge is 0.370 e. The zero-order valence-electron chi connectivity index (χ0n) is 10.7. The number of anilines is 1. The summed E-state index contributed by atoms with van der Waals surface area (Å²) in [7, 11) is 0. The number of nitrogens with zero attached hydrogens (tertiary/aromatic N) is 4. The minimum atomic E-state index is -0.290. The molecule has 1 aromatic heterocycles. The molecule has 0 aliphatic carbocycles. The average molecular weight is 265 g/mol. The highest BCUT2D eigenvalue weighted by Crippen LogP contribution is 2.01. The van der Waals surface area contributed by atoms with E-state index in [0.717, 1.165) is 12.8 Å². The van der Waals surface area contributed by atoms with Crippen LogP contribution in [0.25, 0.3) is 0 Å². The molecule has 0 bridgehead atoms. The van der Waals surface area contributed by atoms with Gasteiger partial charge in [-0.05, 0) is 12.8 Å². The summed E-state index contributed by atoms with van der Waals surface area (Å²) in [4.78, 5) is 16.1. The SMILES string of the molecule is C=CC/N=C(/N)Nc1cnn(CCCCC(N)=O)n1. The van der Waals surface area contributed by atoms with E-state index in [1.54, 1.807) is 12.3 Å². The number of carbonyl (C=O) groups excluding carboxylic acids is 1. The number of hydrogen-bond acceptors (Lipinski definition) is 4. The number of rotatable bonds is 8. The number of aliphatic imine (C=N–C) groups is 1. The Balaban J connectivity index is 2.35. The van der Waals surface area contributed by atoms with Crippen molar-refractivity contribution in [3.8, 4) is 0 Å². The number of amides is 1. The lowest BCUT2D eigenvalue weighted by Gasteiger charge is -2.00. The molecule has 0 spiro atoms. The maximum absolute atomic E-state index is 10.6. The molecule has 104 valence electrons. The third kappa shape index (κ3) is 6.20. The van der Waals surface area contributed by atoms with E-state index in [9.17, 15) is 4.79 Å². The van der Waals surface area contributed by atoms with Crippen LogP contribution in [-0.4, -0.2) is 33.4 Å². The van der Waals surface area contributed by atoms with Gasteiger partial charge in [-0.2, -0.15) is 9.90 Å². The van der Waals surface area contributed by atoms with Gasteiger partial charge in [0.15, 0.2) is 11.8 Å². The van der Waals surface area contributed by atoms with Gasteiger partial charge < -0.3 is 16.8 Å². The highest BCUT2D eigenvalue weighted by Gasteiger charge is 2.02. The van der Waals surface area contributed by atoms with Crippen molar-refractivity contribution in [1.82, 2.24) is 15.0 Å². The molecule has 0 saturated heterocycles. The summed E-state index contributed by atoms with van der Waals surface area (Å²) in [5.41, 5.74) is 10.7. The molecule has 1 heterocycles. The molecule has 5 N–H and O–H groups in total. The fraction of sp³-hybridized carbons (Fsp3) is 0.455. The lowest BCUT2D eigenvalue weighted by atomic mass is 10.2. The monoisotopic (exact) mass is 265 g/mol. The average Bonchev–Trinajstić information content (AvgIpc) is 2.79. The van der Waals surface area contributed by atoms with E-state index in [1.807, 2.05) is 0 Å². The maximum Gasteiger partial charge on any atom is 0.217 e. The van der Waals surface area contributed by atoms with Crippen LogP contribution in [0.2, 0.25) is 0 Å². The Morgan fingerprint density at radius 2 is 2.32 bits per heavy atom. The summed E-state index contributed by atoms with van der Waals surface area (Å²) in [6, 6.07) is 0. The van der Waals surface area contributed by atoms with Crippen molar-refractivity contribution in [2.75, 3.05) is 11.9 Å². The first-order chi connectivity index (χ1) is 9.11. The Labute approximate surface area is 111 Å². The molecule has 1 aromatic rings. The summed E-state index contributed by atoms with van der Waals surface area (Å²) >= 11 is 0. The summed E-state index contributed by atoms with van der Waals surface area (Å²) in [5.74, 6) is 0.503. The number of aromatic nitrogens is 3. The smallest absolute Gasteiger partial charge is 0.217 e. The Morgan fingerprint density at radius 1 is 1.53 bits per heavy atom. The predicted octanol–water partition coefficient (Wildman–Crippen LogP) is -0.154. The molecule has 0 aliphatic heterocycles. The van der Waals surface area contributed by atoms with Crippen molar-refractivity contribution < 1.29 is 4.79 Å². The van der Waals surface area contributed by atoms with Crippen molar-refractivity contribution >= 4 is 17.7 Å². The van der Waals surface area contributed by atoms with Gasteiger partial charge in [0.2, 0.25) is 5.91 Å². The topological polar surface area (TPSA) is 124 Å². The normalized spacial score (nSPS) is 11.3. The highest BCUT2D eigenvalue weighted by molar-refractivity contribution is 5.91. The molecule has 1 amide bonds. The van der Waals surface area contributed by atoms with Gasteiger partial charge in [0.05, 0.1) is 19.3 Å². The van der Waals surface area contributed by atoms with Crippen molar-refractivity contribution in [3.63, 3.8) is 0 Å². The molecule has 8 nitrogen and oxygen atoms in total. The minimum absolute atomic E-state index is 0.265. The number of nitrogens with two attached hydrogens (primary N) is 2. The fourth-order valence-corrected chi connectivity index (χ4v) is 1.35. The second kappa shape index (κ2) is 7.85. The van der Waals surface area contributed by atoms with E-state index >= 15 is 0 Å². The van der Waals surface area contributed by atoms with Crippen LogP contribution in [0.5, 0.6) is 0 Å². The summed E-state index contributed by atoms with van der Waals surface area (Å²) in [6.07, 6.45) is 5.10. The standard InChI is InChI=1S/C11H19N7O/c1-2-6-14-11(13)16-10-8-15-18(17-10)7-4-3-5-9(12)19/h2,8H,1,3-7H2,(H2,12,19)(H3,13,14,16,17). The molecule has 0 aliphatic rings. The summed E-state index contributed by atoms with van der Waals surface area (Å²) in [6.45, 7) is 4.61. The Kier molecular flexibility index (Phi) is 6.07. The van der Waals surface area contributed by atoms with Gasteiger partial charge in [-0.1, -0.05) is 6.08 Å². The van der Waals surface area contributed by atoms with Gasteiger partial charge in [0, 0.05) is 6.42 Å². The van der Waals surface area contributed by atoms with Gasteiger partial charge >= 0.3 is 0 Å². The summed E-state index contributed by atoms with van der Waals surface area (Å²) < 4.78 is 0. The third-order valence-electron chi connectivity index (χ3n) is 2.21. The van der Waals surface area contributed by atoms with Crippen LogP contribution in [0.15, 0.2) is 23.8 Å². The molecule has 0 fully saturated rings. The van der Waals surface area contributed by atoms with E-state index in [4.69, 9.17) is 11.5 Å².